The molecule has 3 aliphatic heterocycles. The Kier molecular flexibility index (Phi) is 8.08. The number of carbonyl (C=O) groups is 2. The average molecular weight is 618 g/mol. The van der Waals surface area contributed by atoms with Gasteiger partial charge in [0, 0.05) is 62.4 Å². The van der Waals surface area contributed by atoms with Gasteiger partial charge in [-0.25, -0.2) is 8.42 Å². The molecule has 2 saturated heterocycles. The van der Waals surface area contributed by atoms with E-state index in [9.17, 15) is 18.0 Å². The zero-order chi connectivity index (χ0) is 27.9. The molecule has 3 heterocycles. The maximum Gasteiger partial charge on any atom is 0.245 e. The van der Waals surface area contributed by atoms with Gasteiger partial charge in [0.1, 0.15) is 4.90 Å². The van der Waals surface area contributed by atoms with Crippen LogP contribution in [0.4, 0.5) is 11.4 Å². The molecule has 0 aromatic heterocycles. The summed E-state index contributed by atoms with van der Waals surface area (Å²) in [5.74, 6) is -0.411. The molecular weight excluding hydrogens is 580 g/mol. The highest BCUT2D eigenvalue weighted by Crippen LogP contribution is 2.40. The number of nitrogens with zero attached hydrogens (tertiary/aromatic N) is 4. The summed E-state index contributed by atoms with van der Waals surface area (Å²) in [4.78, 5) is 32.2. The first-order valence-electron chi connectivity index (χ1n) is 13.8. The van der Waals surface area contributed by atoms with Crippen LogP contribution in [0.1, 0.15) is 42.9 Å². The van der Waals surface area contributed by atoms with Crippen molar-refractivity contribution in [3.05, 3.63) is 51.5 Å². The van der Waals surface area contributed by atoms with Crippen molar-refractivity contribution in [3.63, 3.8) is 0 Å². The highest BCUT2D eigenvalue weighted by molar-refractivity contribution is 9.10. The number of anilines is 2. The van der Waals surface area contributed by atoms with Crippen molar-refractivity contribution < 1.29 is 18.0 Å². The Morgan fingerprint density at radius 3 is 2.46 bits per heavy atom. The third-order valence-corrected chi connectivity index (χ3v) is 10.6. The fraction of sp³-hybridized carbons (Fsp3) is 0.517. The van der Waals surface area contributed by atoms with E-state index in [1.807, 2.05) is 11.0 Å². The Bertz CT molecular complexity index is 1390. The summed E-state index contributed by atoms with van der Waals surface area (Å²) in [5.41, 5.74) is 5.02. The molecule has 0 unspecified atom stereocenters. The molecule has 10 heteroatoms. The van der Waals surface area contributed by atoms with Crippen molar-refractivity contribution in [1.82, 2.24) is 9.21 Å². The van der Waals surface area contributed by atoms with E-state index < -0.39 is 10.0 Å². The van der Waals surface area contributed by atoms with Crippen molar-refractivity contribution in [2.75, 3.05) is 55.6 Å². The second-order valence-electron chi connectivity index (χ2n) is 10.9. The molecule has 39 heavy (non-hydrogen) atoms. The number of rotatable bonds is 5. The monoisotopic (exact) mass is 616 g/mol. The van der Waals surface area contributed by atoms with Gasteiger partial charge >= 0.3 is 0 Å². The SMILES string of the molecule is CCC(=O)N1CCc2cc(Br)cc(S(=O)(=O)N3CCC[C@H](C(=O)N4CCN(c5cc(C)ccc5C)CC4)C3)c21. The smallest absolute Gasteiger partial charge is 0.245 e. The fourth-order valence-corrected chi connectivity index (χ4v) is 8.54. The van der Waals surface area contributed by atoms with E-state index in [2.05, 4.69) is 52.9 Å². The topological polar surface area (TPSA) is 81.2 Å². The number of sulfonamides is 1. The van der Waals surface area contributed by atoms with E-state index >= 15 is 0 Å². The molecule has 2 amide bonds. The van der Waals surface area contributed by atoms with Gasteiger partial charge in [-0.1, -0.05) is 35.0 Å². The molecule has 0 saturated carbocycles. The number of piperazine rings is 1. The molecule has 0 aliphatic carbocycles. The van der Waals surface area contributed by atoms with E-state index in [4.69, 9.17) is 0 Å². The van der Waals surface area contributed by atoms with Crippen LogP contribution in [0.2, 0.25) is 0 Å². The van der Waals surface area contributed by atoms with Crippen LogP contribution in [0.5, 0.6) is 0 Å². The normalized spacial score (nSPS) is 20.3. The quantitative estimate of drug-likeness (QED) is 0.505. The van der Waals surface area contributed by atoms with Crippen LogP contribution in [0, 0.1) is 19.8 Å². The molecular formula is C29H37BrN4O4S. The highest BCUT2D eigenvalue weighted by Gasteiger charge is 2.39. The molecule has 0 bridgehead atoms. The zero-order valence-corrected chi connectivity index (χ0v) is 25.4. The summed E-state index contributed by atoms with van der Waals surface area (Å²) in [5, 5.41) is 0. The Morgan fingerprint density at radius 2 is 1.74 bits per heavy atom. The van der Waals surface area contributed by atoms with Crippen molar-refractivity contribution in [2.24, 2.45) is 5.92 Å². The van der Waals surface area contributed by atoms with Gasteiger partial charge in [-0.15, -0.1) is 0 Å². The van der Waals surface area contributed by atoms with Gasteiger partial charge in [-0.3, -0.25) is 9.59 Å². The lowest BCUT2D eigenvalue weighted by Gasteiger charge is -2.40. The van der Waals surface area contributed by atoms with Gasteiger partial charge in [0.2, 0.25) is 21.8 Å². The predicted molar refractivity (Wildman–Crippen MR) is 157 cm³/mol. The molecule has 0 radical (unpaired) electrons. The number of fused-ring (bicyclic) bond motifs is 1. The summed E-state index contributed by atoms with van der Waals surface area (Å²) >= 11 is 3.47. The van der Waals surface area contributed by atoms with Gasteiger partial charge in [0.05, 0.1) is 11.6 Å². The summed E-state index contributed by atoms with van der Waals surface area (Å²) in [6, 6.07) is 9.95. The van der Waals surface area contributed by atoms with E-state index in [-0.39, 0.29) is 29.2 Å². The molecule has 1 atom stereocenters. The van der Waals surface area contributed by atoms with E-state index in [1.165, 1.54) is 21.1 Å². The van der Waals surface area contributed by atoms with Crippen molar-refractivity contribution in [2.45, 2.75) is 51.3 Å². The predicted octanol–water partition coefficient (Wildman–Crippen LogP) is 4.11. The van der Waals surface area contributed by atoms with E-state index in [0.29, 0.717) is 62.0 Å². The Hall–Kier alpha value is -2.43. The lowest BCUT2D eigenvalue weighted by Crippen LogP contribution is -2.53. The number of amides is 2. The number of piperidine rings is 1. The van der Waals surface area contributed by atoms with Crippen LogP contribution >= 0.6 is 15.9 Å². The number of aryl methyl sites for hydroxylation is 2. The number of hydrogen-bond donors (Lipinski definition) is 0. The Morgan fingerprint density at radius 1 is 1.00 bits per heavy atom. The van der Waals surface area contributed by atoms with Crippen molar-refractivity contribution in [1.29, 1.82) is 0 Å². The second kappa shape index (κ2) is 11.2. The van der Waals surface area contributed by atoms with Crippen LogP contribution in [-0.2, 0) is 26.0 Å². The molecule has 2 aromatic rings. The minimum atomic E-state index is -3.90. The molecule has 0 N–H and O–H groups in total. The highest BCUT2D eigenvalue weighted by atomic mass is 79.9. The number of carbonyl (C=O) groups excluding carboxylic acids is 2. The standard InChI is InChI=1S/C29H37BrN4O4S/c1-4-27(35)34-11-9-22-17-24(30)18-26(28(22)34)39(37,38)33-10-5-6-23(19-33)29(36)32-14-12-31(13-15-32)25-16-20(2)7-8-21(25)3/h7-8,16-18,23H,4-6,9-15,19H2,1-3H3/t23-/m0/s1. The van der Waals surface area contributed by atoms with Gasteiger partial charge in [-0.05, 0) is 68.0 Å². The van der Waals surface area contributed by atoms with Gasteiger partial charge in [0.15, 0.2) is 0 Å². The summed E-state index contributed by atoms with van der Waals surface area (Å²) in [7, 11) is -3.90. The zero-order valence-electron chi connectivity index (χ0n) is 23.0. The van der Waals surface area contributed by atoms with Crippen LogP contribution in [0.3, 0.4) is 0 Å². The third kappa shape index (κ3) is 5.47. The molecule has 3 aliphatic rings. The largest absolute Gasteiger partial charge is 0.368 e. The van der Waals surface area contributed by atoms with Crippen molar-refractivity contribution in [3.8, 4) is 0 Å². The first-order valence-corrected chi connectivity index (χ1v) is 16.1. The van der Waals surface area contributed by atoms with Crippen LogP contribution in [-0.4, -0.2) is 75.3 Å². The summed E-state index contributed by atoms with van der Waals surface area (Å²) in [6.07, 6.45) is 2.25. The average Bonchev–Trinajstić information content (AvgIpc) is 3.37. The number of hydrogen-bond acceptors (Lipinski definition) is 5. The Balaban J connectivity index is 1.31. The Labute approximate surface area is 240 Å². The number of benzene rings is 2. The maximum atomic E-state index is 14.0. The minimum Gasteiger partial charge on any atom is -0.368 e. The summed E-state index contributed by atoms with van der Waals surface area (Å²) in [6.45, 7) is 9.79. The lowest BCUT2D eigenvalue weighted by molar-refractivity contribution is -0.137. The summed E-state index contributed by atoms with van der Waals surface area (Å²) < 4.78 is 30.1. The van der Waals surface area contributed by atoms with Gasteiger partial charge in [-0.2, -0.15) is 4.31 Å². The van der Waals surface area contributed by atoms with Crippen LogP contribution in [0.15, 0.2) is 39.7 Å². The van der Waals surface area contributed by atoms with Crippen LogP contribution in [0.25, 0.3) is 0 Å². The van der Waals surface area contributed by atoms with Gasteiger partial charge < -0.3 is 14.7 Å². The maximum absolute atomic E-state index is 14.0. The molecule has 2 aromatic carbocycles. The fourth-order valence-electron chi connectivity index (χ4n) is 6.09. The molecule has 8 nitrogen and oxygen atoms in total. The van der Waals surface area contributed by atoms with E-state index in [0.717, 1.165) is 18.7 Å². The third-order valence-electron chi connectivity index (χ3n) is 8.24. The minimum absolute atomic E-state index is 0.0396. The van der Waals surface area contributed by atoms with Crippen LogP contribution < -0.4 is 9.80 Å². The first-order chi connectivity index (χ1) is 18.6. The number of halogens is 1. The first kappa shape index (κ1) is 28.1. The lowest BCUT2D eigenvalue weighted by atomic mass is 9.97. The molecule has 210 valence electrons. The van der Waals surface area contributed by atoms with Crippen molar-refractivity contribution >= 4 is 49.1 Å². The van der Waals surface area contributed by atoms with E-state index in [1.54, 1.807) is 17.9 Å². The molecule has 2 fully saturated rings. The van der Waals surface area contributed by atoms with Gasteiger partial charge in [0.25, 0.3) is 0 Å². The molecule has 5 rings (SSSR count). The molecule has 0 spiro atoms. The second-order valence-corrected chi connectivity index (χ2v) is 13.7.